The number of nitrogens with zero attached hydrogens (tertiary/aromatic N) is 2. The molecule has 2 rings (SSSR count). The molecule has 0 aliphatic rings. The minimum atomic E-state index is 0.533. The third-order valence-corrected chi connectivity index (χ3v) is 3.57. The fraction of sp³-hybridized carbons (Fsp3) is 0.400. The molecule has 0 fully saturated rings. The van der Waals surface area contributed by atoms with Crippen molar-refractivity contribution in [3.63, 3.8) is 0 Å². The zero-order valence-corrected chi connectivity index (χ0v) is 15.8. The number of pyridine rings is 1. The average Bonchev–Trinajstić information content (AvgIpc) is 2.65. The van der Waals surface area contributed by atoms with Gasteiger partial charge in [-0.25, -0.2) is 4.99 Å². The van der Waals surface area contributed by atoms with Crippen LogP contribution >= 0.6 is 0 Å². The lowest BCUT2D eigenvalue weighted by Crippen LogP contribution is -2.39. The highest BCUT2D eigenvalue weighted by Gasteiger charge is 2.04. The predicted octanol–water partition coefficient (Wildman–Crippen LogP) is 2.92. The van der Waals surface area contributed by atoms with Crippen molar-refractivity contribution in [2.45, 2.75) is 27.3 Å². The Morgan fingerprint density at radius 2 is 2.04 bits per heavy atom. The van der Waals surface area contributed by atoms with E-state index in [2.05, 4.69) is 45.7 Å². The third-order valence-electron chi connectivity index (χ3n) is 3.57. The Hall–Kier alpha value is -2.76. The van der Waals surface area contributed by atoms with E-state index in [1.807, 2.05) is 26.0 Å². The summed E-state index contributed by atoms with van der Waals surface area (Å²) in [6, 6.07) is 9.94. The number of aromatic nitrogens is 1. The number of benzene rings is 1. The van der Waals surface area contributed by atoms with E-state index in [0.717, 1.165) is 29.6 Å². The number of aryl methyl sites for hydroxylation is 1. The fourth-order valence-corrected chi connectivity index (χ4v) is 2.36. The molecule has 1 heterocycles. The second-order valence-electron chi connectivity index (χ2n) is 5.70. The topological polar surface area (TPSA) is 67.8 Å². The Balaban J connectivity index is 1.89. The van der Waals surface area contributed by atoms with Crippen LogP contribution in [-0.4, -0.2) is 37.2 Å². The first-order valence-electron chi connectivity index (χ1n) is 9.00. The van der Waals surface area contributed by atoms with Gasteiger partial charge in [0.2, 0.25) is 0 Å². The van der Waals surface area contributed by atoms with Gasteiger partial charge in [0, 0.05) is 18.3 Å². The number of guanidine groups is 1. The molecule has 0 spiro atoms. The summed E-state index contributed by atoms with van der Waals surface area (Å²) in [7, 11) is 0. The lowest BCUT2D eigenvalue weighted by atomic mass is 10.1. The summed E-state index contributed by atoms with van der Waals surface area (Å²) in [5, 5.41) is 6.52. The molecule has 0 amide bonds. The molecule has 0 radical (unpaired) electrons. The molecule has 1 aromatic carbocycles. The molecule has 0 saturated heterocycles. The van der Waals surface area contributed by atoms with E-state index in [0.29, 0.717) is 26.3 Å². The molecule has 6 nitrogen and oxygen atoms in total. The van der Waals surface area contributed by atoms with Gasteiger partial charge < -0.3 is 20.1 Å². The van der Waals surface area contributed by atoms with Crippen molar-refractivity contribution in [2.24, 2.45) is 4.99 Å². The number of rotatable bonds is 9. The van der Waals surface area contributed by atoms with E-state index in [4.69, 9.17) is 9.47 Å². The van der Waals surface area contributed by atoms with Crippen molar-refractivity contribution >= 4 is 5.96 Å². The molecule has 0 aliphatic heterocycles. The van der Waals surface area contributed by atoms with Crippen molar-refractivity contribution in [1.82, 2.24) is 15.6 Å². The van der Waals surface area contributed by atoms with Gasteiger partial charge in [-0.1, -0.05) is 12.1 Å². The van der Waals surface area contributed by atoms with Gasteiger partial charge in [-0.15, -0.1) is 0 Å². The van der Waals surface area contributed by atoms with E-state index in [9.17, 15) is 0 Å². The van der Waals surface area contributed by atoms with Crippen molar-refractivity contribution in [3.05, 3.63) is 53.9 Å². The zero-order chi connectivity index (χ0) is 18.6. The summed E-state index contributed by atoms with van der Waals surface area (Å²) < 4.78 is 11.4. The second kappa shape index (κ2) is 11.0. The van der Waals surface area contributed by atoms with Gasteiger partial charge in [-0.05, 0) is 44.5 Å². The van der Waals surface area contributed by atoms with Crippen LogP contribution in [0.4, 0.5) is 0 Å². The summed E-state index contributed by atoms with van der Waals surface area (Å²) in [5.41, 5.74) is 2.25. The SMILES string of the molecule is CCNC(=NCc1ccc(C)cc1OCC)NCCOc1cccnc1. The van der Waals surface area contributed by atoms with Gasteiger partial charge in [0.25, 0.3) is 0 Å². The first kappa shape index (κ1) is 19.6. The Morgan fingerprint density at radius 1 is 1.15 bits per heavy atom. The van der Waals surface area contributed by atoms with Crippen LogP contribution in [0, 0.1) is 6.92 Å². The van der Waals surface area contributed by atoms with Crippen LogP contribution in [0.5, 0.6) is 11.5 Å². The van der Waals surface area contributed by atoms with Gasteiger partial charge in [0.05, 0.1) is 25.9 Å². The molecular weight excluding hydrogens is 328 g/mol. The summed E-state index contributed by atoms with van der Waals surface area (Å²) in [6.45, 7) is 9.26. The van der Waals surface area contributed by atoms with Crippen molar-refractivity contribution in [1.29, 1.82) is 0 Å². The smallest absolute Gasteiger partial charge is 0.191 e. The van der Waals surface area contributed by atoms with Gasteiger partial charge >= 0.3 is 0 Å². The van der Waals surface area contributed by atoms with E-state index < -0.39 is 0 Å². The Labute approximate surface area is 155 Å². The van der Waals surface area contributed by atoms with Crippen LogP contribution in [0.1, 0.15) is 25.0 Å². The lowest BCUT2D eigenvalue weighted by molar-refractivity contribution is 0.320. The summed E-state index contributed by atoms with van der Waals surface area (Å²) in [4.78, 5) is 8.67. The van der Waals surface area contributed by atoms with Gasteiger partial charge in [0.1, 0.15) is 18.1 Å². The van der Waals surface area contributed by atoms with Crippen molar-refractivity contribution in [3.8, 4) is 11.5 Å². The number of hydrogen-bond donors (Lipinski definition) is 2. The molecule has 140 valence electrons. The normalized spacial score (nSPS) is 11.1. The van der Waals surface area contributed by atoms with Crippen LogP contribution < -0.4 is 20.1 Å². The first-order valence-corrected chi connectivity index (χ1v) is 9.00. The number of aliphatic imine (C=N–C) groups is 1. The quantitative estimate of drug-likeness (QED) is 0.411. The molecule has 0 unspecified atom stereocenters. The maximum absolute atomic E-state index is 5.72. The van der Waals surface area contributed by atoms with Gasteiger partial charge in [-0.3, -0.25) is 4.98 Å². The molecule has 2 N–H and O–H groups in total. The van der Waals surface area contributed by atoms with E-state index in [-0.39, 0.29) is 0 Å². The standard InChI is InChI=1S/C20H28N4O2/c1-4-22-20(23-11-12-26-18-7-6-10-21-15-18)24-14-17-9-8-16(3)13-19(17)25-5-2/h6-10,13,15H,4-5,11-12,14H2,1-3H3,(H2,22,23,24). The third kappa shape index (κ3) is 6.63. The summed E-state index contributed by atoms with van der Waals surface area (Å²) >= 11 is 0. The number of nitrogens with one attached hydrogen (secondary N) is 2. The summed E-state index contributed by atoms with van der Waals surface area (Å²) in [5.74, 6) is 2.41. The molecule has 1 aromatic heterocycles. The molecular formula is C20H28N4O2. The molecule has 26 heavy (non-hydrogen) atoms. The van der Waals surface area contributed by atoms with Crippen LogP contribution in [-0.2, 0) is 6.54 Å². The van der Waals surface area contributed by atoms with Crippen LogP contribution in [0.15, 0.2) is 47.7 Å². The second-order valence-corrected chi connectivity index (χ2v) is 5.70. The molecule has 0 atom stereocenters. The van der Waals surface area contributed by atoms with Gasteiger partial charge in [-0.2, -0.15) is 0 Å². The monoisotopic (exact) mass is 356 g/mol. The first-order chi connectivity index (χ1) is 12.7. The van der Waals surface area contributed by atoms with E-state index in [1.165, 1.54) is 5.56 Å². The van der Waals surface area contributed by atoms with Crippen LogP contribution in [0.25, 0.3) is 0 Å². The van der Waals surface area contributed by atoms with Crippen molar-refractivity contribution in [2.75, 3.05) is 26.3 Å². The Bertz CT molecular complexity index is 689. The largest absolute Gasteiger partial charge is 0.494 e. The van der Waals surface area contributed by atoms with E-state index >= 15 is 0 Å². The average molecular weight is 356 g/mol. The number of ether oxygens (including phenoxy) is 2. The summed E-state index contributed by atoms with van der Waals surface area (Å²) in [6.07, 6.45) is 3.43. The Morgan fingerprint density at radius 3 is 2.77 bits per heavy atom. The molecule has 0 saturated carbocycles. The van der Waals surface area contributed by atoms with Gasteiger partial charge in [0.15, 0.2) is 5.96 Å². The number of hydrogen-bond acceptors (Lipinski definition) is 4. The minimum Gasteiger partial charge on any atom is -0.494 e. The molecule has 0 aliphatic carbocycles. The molecule has 2 aromatic rings. The highest BCUT2D eigenvalue weighted by molar-refractivity contribution is 5.79. The highest BCUT2D eigenvalue weighted by Crippen LogP contribution is 2.21. The maximum Gasteiger partial charge on any atom is 0.191 e. The fourth-order valence-electron chi connectivity index (χ4n) is 2.36. The predicted molar refractivity (Wildman–Crippen MR) is 105 cm³/mol. The van der Waals surface area contributed by atoms with E-state index in [1.54, 1.807) is 12.4 Å². The zero-order valence-electron chi connectivity index (χ0n) is 15.8. The van der Waals surface area contributed by atoms with Crippen molar-refractivity contribution < 1.29 is 9.47 Å². The Kier molecular flexibility index (Phi) is 8.26. The molecule has 6 heteroatoms. The van der Waals surface area contributed by atoms with Crippen LogP contribution in [0.2, 0.25) is 0 Å². The maximum atomic E-state index is 5.72. The highest BCUT2D eigenvalue weighted by atomic mass is 16.5. The lowest BCUT2D eigenvalue weighted by Gasteiger charge is -2.13. The minimum absolute atomic E-state index is 0.533. The van der Waals surface area contributed by atoms with Crippen LogP contribution in [0.3, 0.4) is 0 Å². The molecule has 0 bridgehead atoms.